The van der Waals surface area contributed by atoms with Gasteiger partial charge in [-0.05, 0) is 49.4 Å². The maximum absolute atomic E-state index is 12.2. The van der Waals surface area contributed by atoms with E-state index in [2.05, 4.69) is 10.6 Å². The number of aryl methyl sites for hydroxylation is 1. The normalized spacial score (nSPS) is 10.2. The topological polar surface area (TPSA) is 67.4 Å². The molecule has 0 aromatic heterocycles. The van der Waals surface area contributed by atoms with Crippen LogP contribution in [0.4, 0.5) is 11.4 Å². The molecule has 5 nitrogen and oxygen atoms in total. The van der Waals surface area contributed by atoms with Gasteiger partial charge in [0.1, 0.15) is 5.75 Å². The number of amides is 2. The van der Waals surface area contributed by atoms with Gasteiger partial charge < -0.3 is 15.4 Å². The minimum Gasteiger partial charge on any atom is -0.484 e. The lowest BCUT2D eigenvalue weighted by Crippen LogP contribution is -2.20. The lowest BCUT2D eigenvalue weighted by Gasteiger charge is -2.10. The lowest BCUT2D eigenvalue weighted by atomic mass is 10.2. The summed E-state index contributed by atoms with van der Waals surface area (Å²) in [6.45, 7) is 1.94. The molecule has 0 atom stereocenters. The number of benzene rings is 3. The first-order valence-electron chi connectivity index (χ1n) is 9.15. The molecule has 3 rings (SSSR count). The summed E-state index contributed by atoms with van der Waals surface area (Å²) in [5.74, 6) is 0.568. The molecule has 0 aliphatic heterocycles. The summed E-state index contributed by atoms with van der Waals surface area (Å²) in [5, 5.41) is 5.62. The van der Waals surface area contributed by atoms with Crippen LogP contribution in [0.15, 0.2) is 83.8 Å². The molecule has 3 aromatic carbocycles. The molecule has 0 fully saturated rings. The number of hydrogen-bond acceptors (Lipinski definition) is 4. The first-order valence-corrected chi connectivity index (χ1v) is 10.1. The molecule has 0 spiro atoms. The molecule has 3 aromatic rings. The fraction of sp³-hybridized carbons (Fsp3) is 0.130. The number of rotatable bonds is 8. The smallest absolute Gasteiger partial charge is 0.262 e. The van der Waals surface area contributed by atoms with Crippen molar-refractivity contribution in [2.24, 2.45) is 0 Å². The standard InChI is InChI=1S/C23H22N2O3S/c1-17-10-12-21(13-11-17)29-16-23(27)25-19-7-5-6-18(14-19)24-22(26)15-28-20-8-3-2-4-9-20/h2-14H,15-16H2,1H3,(H,24,26)(H,25,27). The van der Waals surface area contributed by atoms with Crippen LogP contribution in [-0.4, -0.2) is 24.2 Å². The number of nitrogens with one attached hydrogen (secondary N) is 2. The van der Waals surface area contributed by atoms with Crippen molar-refractivity contribution in [1.82, 2.24) is 0 Å². The zero-order chi connectivity index (χ0) is 20.5. The van der Waals surface area contributed by atoms with Crippen molar-refractivity contribution in [3.05, 3.63) is 84.4 Å². The zero-order valence-corrected chi connectivity index (χ0v) is 16.9. The van der Waals surface area contributed by atoms with E-state index in [4.69, 9.17) is 4.74 Å². The van der Waals surface area contributed by atoms with Crippen LogP contribution in [0.3, 0.4) is 0 Å². The summed E-state index contributed by atoms with van der Waals surface area (Å²) < 4.78 is 5.43. The highest BCUT2D eigenvalue weighted by molar-refractivity contribution is 8.00. The number of carbonyl (C=O) groups is 2. The van der Waals surface area contributed by atoms with Gasteiger partial charge in [-0.3, -0.25) is 9.59 Å². The van der Waals surface area contributed by atoms with Crippen LogP contribution >= 0.6 is 11.8 Å². The highest BCUT2D eigenvalue weighted by Crippen LogP contribution is 2.20. The van der Waals surface area contributed by atoms with Crippen molar-refractivity contribution in [3.8, 4) is 5.75 Å². The molecule has 0 aliphatic carbocycles. The highest BCUT2D eigenvalue weighted by Gasteiger charge is 2.07. The van der Waals surface area contributed by atoms with Gasteiger partial charge in [0.2, 0.25) is 5.91 Å². The minimum atomic E-state index is -0.271. The van der Waals surface area contributed by atoms with E-state index in [1.165, 1.54) is 17.3 Å². The number of thioether (sulfide) groups is 1. The van der Waals surface area contributed by atoms with Crippen molar-refractivity contribution >= 4 is 35.0 Å². The van der Waals surface area contributed by atoms with E-state index in [1.54, 1.807) is 36.4 Å². The van der Waals surface area contributed by atoms with Gasteiger partial charge in [0.05, 0.1) is 5.75 Å². The van der Waals surface area contributed by atoms with Gasteiger partial charge >= 0.3 is 0 Å². The summed E-state index contributed by atoms with van der Waals surface area (Å²) in [6, 6.07) is 24.2. The van der Waals surface area contributed by atoms with E-state index in [0.29, 0.717) is 22.9 Å². The van der Waals surface area contributed by atoms with E-state index < -0.39 is 0 Å². The summed E-state index contributed by atoms with van der Waals surface area (Å²) in [4.78, 5) is 25.3. The lowest BCUT2D eigenvalue weighted by molar-refractivity contribution is -0.118. The second kappa shape index (κ2) is 10.3. The molecular formula is C23H22N2O3S. The van der Waals surface area contributed by atoms with Gasteiger partial charge in [-0.1, -0.05) is 42.0 Å². The molecule has 0 aliphatic rings. The molecular weight excluding hydrogens is 384 g/mol. The summed E-state index contributed by atoms with van der Waals surface area (Å²) in [6.07, 6.45) is 0. The van der Waals surface area contributed by atoms with Gasteiger partial charge in [-0.15, -0.1) is 11.8 Å². The Kier molecular flexibility index (Phi) is 7.30. The third-order valence-corrected chi connectivity index (χ3v) is 4.95. The van der Waals surface area contributed by atoms with Crippen molar-refractivity contribution in [3.63, 3.8) is 0 Å². The van der Waals surface area contributed by atoms with E-state index >= 15 is 0 Å². The van der Waals surface area contributed by atoms with E-state index in [0.717, 1.165) is 4.90 Å². The molecule has 0 unspecified atom stereocenters. The molecule has 0 bridgehead atoms. The SMILES string of the molecule is Cc1ccc(SCC(=O)Nc2cccc(NC(=O)COc3ccccc3)c2)cc1. The van der Waals surface area contributed by atoms with E-state index in [9.17, 15) is 9.59 Å². The monoisotopic (exact) mass is 406 g/mol. The molecule has 0 heterocycles. The predicted octanol–water partition coefficient (Wildman–Crippen LogP) is 4.74. The molecule has 29 heavy (non-hydrogen) atoms. The van der Waals surface area contributed by atoms with Crippen LogP contribution in [-0.2, 0) is 9.59 Å². The zero-order valence-electron chi connectivity index (χ0n) is 16.1. The predicted molar refractivity (Wildman–Crippen MR) is 118 cm³/mol. The average molecular weight is 407 g/mol. The number of para-hydroxylation sites is 1. The third-order valence-electron chi connectivity index (χ3n) is 3.93. The second-order valence-corrected chi connectivity index (χ2v) is 7.43. The number of ether oxygens (including phenoxy) is 1. The van der Waals surface area contributed by atoms with Gasteiger partial charge in [0.25, 0.3) is 5.91 Å². The Hall–Kier alpha value is -3.25. The van der Waals surface area contributed by atoms with Crippen LogP contribution in [0.1, 0.15) is 5.56 Å². The van der Waals surface area contributed by atoms with Crippen molar-refractivity contribution in [2.45, 2.75) is 11.8 Å². The quantitative estimate of drug-likeness (QED) is 0.530. The Morgan fingerprint density at radius 2 is 1.48 bits per heavy atom. The van der Waals surface area contributed by atoms with Gasteiger partial charge in [0.15, 0.2) is 6.61 Å². The fourth-order valence-corrected chi connectivity index (χ4v) is 3.22. The molecule has 0 radical (unpaired) electrons. The maximum atomic E-state index is 12.2. The Morgan fingerprint density at radius 3 is 2.17 bits per heavy atom. The Morgan fingerprint density at radius 1 is 0.828 bits per heavy atom. The van der Waals surface area contributed by atoms with Gasteiger partial charge in [-0.25, -0.2) is 0 Å². The van der Waals surface area contributed by atoms with Crippen LogP contribution in [0.2, 0.25) is 0 Å². The molecule has 0 saturated carbocycles. The number of anilines is 2. The van der Waals surface area contributed by atoms with Crippen LogP contribution in [0, 0.1) is 6.92 Å². The van der Waals surface area contributed by atoms with Crippen LogP contribution in [0.25, 0.3) is 0 Å². The van der Waals surface area contributed by atoms with E-state index in [1.807, 2.05) is 49.4 Å². The summed E-state index contributed by atoms with van der Waals surface area (Å²) in [7, 11) is 0. The first-order chi connectivity index (χ1) is 14.1. The molecule has 2 amide bonds. The van der Waals surface area contributed by atoms with Gasteiger partial charge in [0, 0.05) is 16.3 Å². The largest absolute Gasteiger partial charge is 0.484 e. The second-order valence-electron chi connectivity index (χ2n) is 6.38. The number of carbonyl (C=O) groups excluding carboxylic acids is 2. The average Bonchev–Trinajstić information content (AvgIpc) is 2.73. The highest BCUT2D eigenvalue weighted by atomic mass is 32.2. The number of hydrogen-bond donors (Lipinski definition) is 2. The first kappa shape index (κ1) is 20.5. The van der Waals surface area contributed by atoms with Crippen molar-refractivity contribution < 1.29 is 14.3 Å². The summed E-state index contributed by atoms with van der Waals surface area (Å²) in [5.41, 5.74) is 2.41. The van der Waals surface area contributed by atoms with Gasteiger partial charge in [-0.2, -0.15) is 0 Å². The minimum absolute atomic E-state index is 0.0895. The molecule has 2 N–H and O–H groups in total. The summed E-state index contributed by atoms with van der Waals surface area (Å²) >= 11 is 1.48. The molecule has 148 valence electrons. The van der Waals surface area contributed by atoms with Crippen LogP contribution < -0.4 is 15.4 Å². The fourth-order valence-electron chi connectivity index (χ4n) is 2.52. The van der Waals surface area contributed by atoms with Crippen LogP contribution in [0.5, 0.6) is 5.75 Å². The Balaban J connectivity index is 1.47. The van der Waals surface area contributed by atoms with E-state index in [-0.39, 0.29) is 18.4 Å². The molecule has 6 heteroatoms. The van der Waals surface area contributed by atoms with Crippen molar-refractivity contribution in [1.29, 1.82) is 0 Å². The maximum Gasteiger partial charge on any atom is 0.262 e. The third kappa shape index (κ3) is 7.01. The Labute approximate surface area is 174 Å². The van der Waals surface area contributed by atoms with Crippen molar-refractivity contribution in [2.75, 3.05) is 23.0 Å². The molecule has 0 saturated heterocycles. The Bertz CT molecular complexity index is 959.